The summed E-state index contributed by atoms with van der Waals surface area (Å²) in [4.78, 5) is 0. The van der Waals surface area contributed by atoms with Gasteiger partial charge in [0, 0.05) is 0 Å². The Balaban J connectivity index is 0.00000289. The molecule has 0 N–H and O–H groups in total. The van der Waals surface area contributed by atoms with Crippen molar-refractivity contribution in [3.8, 4) is 0 Å². The minimum absolute atomic E-state index is 0. The molecule has 1 aromatic rings. The first kappa shape index (κ1) is 17.6. The summed E-state index contributed by atoms with van der Waals surface area (Å²) in [7, 11) is 0. The molecule has 0 heterocycles. The summed E-state index contributed by atoms with van der Waals surface area (Å²) in [6.45, 7) is 6.19. The molecule has 0 fully saturated rings. The number of rotatable bonds is 7. The van der Waals surface area contributed by atoms with Gasteiger partial charge in [0.25, 0.3) is 0 Å². The standard InChI is InChI=1S/C17H22.Zr/c1-3-5-7-11-16(4-2)14-10-15-17-12-8-6-9-13-17;/h6,8-10,12-13,15H,2-5,7,11H2,1H3;/q-2;+2/b15-10+;. The van der Waals surface area contributed by atoms with Crippen LogP contribution in [0.15, 0.2) is 42.0 Å². The molecular formula is C17H22Zr. The molecule has 94 valence electrons. The summed E-state index contributed by atoms with van der Waals surface area (Å²) in [6, 6.07) is 10.3. The number of benzene rings is 1. The molecule has 0 amide bonds. The molecule has 0 atom stereocenters. The van der Waals surface area contributed by atoms with Gasteiger partial charge in [-0.15, -0.1) is 5.56 Å². The molecule has 0 bridgehead atoms. The Morgan fingerprint density at radius 3 is 2.56 bits per heavy atom. The second-order valence-electron chi connectivity index (χ2n) is 4.20. The van der Waals surface area contributed by atoms with E-state index in [0.717, 1.165) is 12.8 Å². The van der Waals surface area contributed by atoms with Gasteiger partial charge >= 0.3 is 26.2 Å². The fraction of sp³-hybridized carbons (Fsp3) is 0.353. The Labute approximate surface area is 131 Å². The molecule has 0 aromatic heterocycles. The van der Waals surface area contributed by atoms with Crippen molar-refractivity contribution in [1.82, 2.24) is 0 Å². The maximum Gasteiger partial charge on any atom is 2.00 e. The van der Waals surface area contributed by atoms with Gasteiger partial charge in [-0.3, -0.25) is 6.08 Å². The van der Waals surface area contributed by atoms with Crippen molar-refractivity contribution in [3.05, 3.63) is 60.5 Å². The van der Waals surface area contributed by atoms with Crippen molar-refractivity contribution < 1.29 is 26.2 Å². The van der Waals surface area contributed by atoms with E-state index in [1.807, 2.05) is 24.3 Å². The van der Waals surface area contributed by atoms with Crippen LogP contribution in [-0.4, -0.2) is 0 Å². The van der Waals surface area contributed by atoms with E-state index in [0.29, 0.717) is 0 Å². The van der Waals surface area contributed by atoms with Gasteiger partial charge < -0.3 is 6.92 Å². The molecule has 0 saturated carbocycles. The maximum absolute atomic E-state index is 3.96. The van der Waals surface area contributed by atoms with Crippen molar-refractivity contribution in [2.75, 3.05) is 0 Å². The Morgan fingerprint density at radius 1 is 1.22 bits per heavy atom. The van der Waals surface area contributed by atoms with Crippen LogP contribution in [-0.2, 0) is 26.2 Å². The van der Waals surface area contributed by atoms with Crippen LogP contribution in [0, 0.1) is 13.0 Å². The van der Waals surface area contributed by atoms with Crippen LogP contribution in [0.1, 0.15) is 44.6 Å². The van der Waals surface area contributed by atoms with Gasteiger partial charge in [0.15, 0.2) is 0 Å². The first-order chi connectivity index (χ1) is 8.36. The molecule has 0 radical (unpaired) electrons. The molecule has 0 spiro atoms. The molecule has 0 nitrogen and oxygen atoms in total. The molecule has 18 heavy (non-hydrogen) atoms. The van der Waals surface area contributed by atoms with Gasteiger partial charge in [-0.05, 0) is 0 Å². The SMILES string of the molecule is [CH2-]CC(=[C-]/C=C/c1ccccc1)CCCCC.[Zr+2]. The minimum atomic E-state index is 0. The Bertz CT molecular complexity index is 349. The first-order valence-electron chi connectivity index (χ1n) is 6.49. The Kier molecular flexibility index (Phi) is 11.4. The largest absolute Gasteiger partial charge is 2.00 e. The van der Waals surface area contributed by atoms with Crippen molar-refractivity contribution in [3.63, 3.8) is 0 Å². The van der Waals surface area contributed by atoms with Crippen LogP contribution >= 0.6 is 0 Å². The Morgan fingerprint density at radius 2 is 1.94 bits per heavy atom. The van der Waals surface area contributed by atoms with E-state index in [4.69, 9.17) is 0 Å². The van der Waals surface area contributed by atoms with Gasteiger partial charge in [0.05, 0.1) is 0 Å². The summed E-state index contributed by atoms with van der Waals surface area (Å²) in [5, 5.41) is 0. The smallest absolute Gasteiger partial charge is 0.341 e. The number of unbranched alkanes of at least 4 members (excludes halogenated alkanes) is 2. The van der Waals surface area contributed by atoms with E-state index in [-0.39, 0.29) is 26.2 Å². The van der Waals surface area contributed by atoms with Gasteiger partial charge in [-0.1, -0.05) is 62.9 Å². The minimum Gasteiger partial charge on any atom is -0.341 e. The third kappa shape index (κ3) is 7.82. The van der Waals surface area contributed by atoms with E-state index in [2.05, 4.69) is 38.1 Å². The predicted octanol–water partition coefficient (Wildman–Crippen LogP) is 5.23. The van der Waals surface area contributed by atoms with Crippen molar-refractivity contribution in [2.24, 2.45) is 0 Å². The van der Waals surface area contributed by atoms with Crippen molar-refractivity contribution in [2.45, 2.75) is 39.0 Å². The monoisotopic (exact) mass is 316 g/mol. The van der Waals surface area contributed by atoms with Gasteiger partial charge in [-0.2, -0.15) is 12.0 Å². The Hall–Kier alpha value is -0.417. The molecular weight excluding hydrogens is 295 g/mol. The van der Waals surface area contributed by atoms with E-state index < -0.39 is 0 Å². The summed E-state index contributed by atoms with van der Waals surface area (Å²) < 4.78 is 0. The van der Waals surface area contributed by atoms with E-state index in [1.165, 1.54) is 30.4 Å². The van der Waals surface area contributed by atoms with Crippen LogP contribution in [0.3, 0.4) is 0 Å². The molecule has 1 heteroatoms. The number of hydrogen-bond donors (Lipinski definition) is 0. The molecule has 0 aliphatic heterocycles. The van der Waals surface area contributed by atoms with Crippen LogP contribution < -0.4 is 0 Å². The molecule has 0 aliphatic rings. The molecule has 0 aliphatic carbocycles. The van der Waals surface area contributed by atoms with E-state index in [9.17, 15) is 0 Å². The third-order valence-electron chi connectivity index (χ3n) is 2.75. The third-order valence-corrected chi connectivity index (χ3v) is 2.75. The second kappa shape index (κ2) is 11.7. The number of allylic oxidation sites excluding steroid dienone is 3. The molecule has 1 rings (SSSR count). The fourth-order valence-corrected chi connectivity index (χ4v) is 1.68. The van der Waals surface area contributed by atoms with Crippen molar-refractivity contribution in [1.29, 1.82) is 0 Å². The van der Waals surface area contributed by atoms with Crippen LogP contribution in [0.25, 0.3) is 6.08 Å². The summed E-state index contributed by atoms with van der Waals surface area (Å²) in [6.07, 6.45) is 13.3. The van der Waals surface area contributed by atoms with Gasteiger partial charge in [0.1, 0.15) is 0 Å². The maximum atomic E-state index is 3.96. The zero-order valence-corrected chi connectivity index (χ0v) is 13.7. The zero-order chi connectivity index (χ0) is 12.3. The average Bonchev–Trinajstić information content (AvgIpc) is 2.38. The molecule has 1 aromatic carbocycles. The number of hydrogen-bond acceptors (Lipinski definition) is 0. The normalized spacial score (nSPS) is 11.6. The quantitative estimate of drug-likeness (QED) is 0.367. The first-order valence-corrected chi connectivity index (χ1v) is 6.49. The van der Waals surface area contributed by atoms with E-state index >= 15 is 0 Å². The molecule has 0 unspecified atom stereocenters. The van der Waals surface area contributed by atoms with Crippen LogP contribution in [0.5, 0.6) is 0 Å². The zero-order valence-electron chi connectivity index (χ0n) is 11.3. The topological polar surface area (TPSA) is 0 Å². The summed E-state index contributed by atoms with van der Waals surface area (Å²) in [5.74, 6) is 0. The molecule has 0 saturated heterocycles. The fourth-order valence-electron chi connectivity index (χ4n) is 1.68. The predicted molar refractivity (Wildman–Crippen MR) is 76.3 cm³/mol. The van der Waals surface area contributed by atoms with Gasteiger partial charge in [-0.25, -0.2) is 12.2 Å². The van der Waals surface area contributed by atoms with E-state index in [1.54, 1.807) is 0 Å². The average molecular weight is 318 g/mol. The van der Waals surface area contributed by atoms with Crippen LogP contribution in [0.4, 0.5) is 0 Å². The van der Waals surface area contributed by atoms with Gasteiger partial charge in [0.2, 0.25) is 0 Å². The van der Waals surface area contributed by atoms with Crippen LogP contribution in [0.2, 0.25) is 0 Å². The van der Waals surface area contributed by atoms with Crippen molar-refractivity contribution >= 4 is 6.08 Å². The summed E-state index contributed by atoms with van der Waals surface area (Å²) in [5.41, 5.74) is 2.54. The summed E-state index contributed by atoms with van der Waals surface area (Å²) >= 11 is 0. The second-order valence-corrected chi connectivity index (χ2v) is 4.20.